The number of nitriles is 1. The Labute approximate surface area is 102 Å². The summed E-state index contributed by atoms with van der Waals surface area (Å²) in [7, 11) is 0. The average Bonchev–Trinajstić information content (AvgIpc) is 2.34. The van der Waals surface area contributed by atoms with E-state index >= 15 is 0 Å². The number of amides is 1. The lowest BCUT2D eigenvalue weighted by molar-refractivity contribution is -0.385. The molecule has 1 aromatic carbocycles. The van der Waals surface area contributed by atoms with Gasteiger partial charge in [0.05, 0.1) is 11.0 Å². The third-order valence-electron chi connectivity index (χ3n) is 2.32. The van der Waals surface area contributed by atoms with Crippen LogP contribution >= 0.6 is 0 Å². The number of hydrogen-bond acceptors (Lipinski definition) is 4. The Balaban J connectivity index is 3.22. The number of halogens is 1. The second-order valence-electron chi connectivity index (χ2n) is 3.40. The van der Waals surface area contributed by atoms with Gasteiger partial charge in [-0.2, -0.15) is 5.26 Å². The van der Waals surface area contributed by atoms with E-state index in [0.29, 0.717) is 0 Å². The van der Waals surface area contributed by atoms with E-state index in [-0.39, 0.29) is 18.7 Å². The SMILES string of the molecule is CCN(CC#N)C(=O)c1cc(F)ccc1[N+](=O)[O-]. The molecule has 0 radical (unpaired) electrons. The number of benzene rings is 1. The van der Waals surface area contributed by atoms with Gasteiger partial charge in [0.1, 0.15) is 17.9 Å². The van der Waals surface area contributed by atoms with Crippen LogP contribution in [0.2, 0.25) is 0 Å². The molecule has 0 saturated heterocycles. The van der Waals surface area contributed by atoms with E-state index in [2.05, 4.69) is 0 Å². The van der Waals surface area contributed by atoms with E-state index in [1.54, 1.807) is 13.0 Å². The summed E-state index contributed by atoms with van der Waals surface area (Å²) in [6, 6.07) is 4.43. The number of hydrogen-bond donors (Lipinski definition) is 0. The Morgan fingerprint density at radius 2 is 2.28 bits per heavy atom. The average molecular weight is 251 g/mol. The molecule has 0 unspecified atom stereocenters. The first-order chi connectivity index (χ1) is 8.51. The van der Waals surface area contributed by atoms with Gasteiger partial charge in [0.2, 0.25) is 0 Å². The highest BCUT2D eigenvalue weighted by Crippen LogP contribution is 2.21. The fourth-order valence-corrected chi connectivity index (χ4v) is 1.42. The number of rotatable bonds is 4. The van der Waals surface area contributed by atoms with Gasteiger partial charge < -0.3 is 4.90 Å². The molecule has 0 aliphatic carbocycles. The predicted molar refractivity (Wildman–Crippen MR) is 60.2 cm³/mol. The molecular weight excluding hydrogens is 241 g/mol. The molecule has 94 valence electrons. The summed E-state index contributed by atoms with van der Waals surface area (Å²) in [4.78, 5) is 23.0. The highest BCUT2D eigenvalue weighted by molar-refractivity contribution is 5.98. The Bertz CT molecular complexity index is 525. The summed E-state index contributed by atoms with van der Waals surface area (Å²) >= 11 is 0. The summed E-state index contributed by atoms with van der Waals surface area (Å²) in [5.41, 5.74) is -0.824. The van der Waals surface area contributed by atoms with Crippen LogP contribution in [0.15, 0.2) is 18.2 Å². The normalized spacial score (nSPS) is 9.61. The smallest absolute Gasteiger partial charge is 0.282 e. The van der Waals surface area contributed by atoms with E-state index in [0.717, 1.165) is 23.1 Å². The molecule has 0 N–H and O–H groups in total. The van der Waals surface area contributed by atoms with Crippen LogP contribution < -0.4 is 0 Å². The van der Waals surface area contributed by atoms with Crippen LogP contribution in [0.5, 0.6) is 0 Å². The van der Waals surface area contributed by atoms with Gasteiger partial charge in [0.15, 0.2) is 0 Å². The first-order valence-corrected chi connectivity index (χ1v) is 5.11. The van der Waals surface area contributed by atoms with Crippen molar-refractivity contribution in [2.24, 2.45) is 0 Å². The molecule has 1 rings (SSSR count). The molecule has 6 nitrogen and oxygen atoms in total. The van der Waals surface area contributed by atoms with Crippen LogP contribution in [0.4, 0.5) is 10.1 Å². The highest BCUT2D eigenvalue weighted by atomic mass is 19.1. The molecule has 0 heterocycles. The molecule has 0 bridgehead atoms. The quantitative estimate of drug-likeness (QED) is 0.463. The second-order valence-corrected chi connectivity index (χ2v) is 3.40. The first kappa shape index (κ1) is 13.6. The maximum absolute atomic E-state index is 13.1. The van der Waals surface area contributed by atoms with Crippen molar-refractivity contribution in [1.29, 1.82) is 5.26 Å². The van der Waals surface area contributed by atoms with Crippen molar-refractivity contribution in [2.75, 3.05) is 13.1 Å². The van der Waals surface area contributed by atoms with Crippen molar-refractivity contribution in [3.05, 3.63) is 39.7 Å². The van der Waals surface area contributed by atoms with Gasteiger partial charge in [-0.1, -0.05) is 0 Å². The number of nitro groups is 1. The number of carbonyl (C=O) groups excluding carboxylic acids is 1. The Morgan fingerprint density at radius 3 is 2.78 bits per heavy atom. The maximum Gasteiger partial charge on any atom is 0.282 e. The lowest BCUT2D eigenvalue weighted by atomic mass is 10.1. The van der Waals surface area contributed by atoms with E-state index in [9.17, 15) is 19.3 Å². The van der Waals surface area contributed by atoms with Gasteiger partial charge in [-0.25, -0.2) is 4.39 Å². The van der Waals surface area contributed by atoms with Crippen LogP contribution in [-0.4, -0.2) is 28.8 Å². The number of carbonyl (C=O) groups is 1. The van der Waals surface area contributed by atoms with Gasteiger partial charge in [-0.3, -0.25) is 14.9 Å². The van der Waals surface area contributed by atoms with Crippen LogP contribution in [-0.2, 0) is 0 Å². The minimum absolute atomic E-state index is 0.205. The minimum Gasteiger partial charge on any atom is -0.325 e. The summed E-state index contributed by atoms with van der Waals surface area (Å²) < 4.78 is 13.1. The van der Waals surface area contributed by atoms with Crippen molar-refractivity contribution in [3.63, 3.8) is 0 Å². The minimum atomic E-state index is -0.757. The van der Waals surface area contributed by atoms with E-state index in [4.69, 9.17) is 5.26 Å². The summed E-state index contributed by atoms with van der Waals surface area (Å²) in [6.45, 7) is 1.63. The van der Waals surface area contributed by atoms with Crippen molar-refractivity contribution in [3.8, 4) is 6.07 Å². The summed E-state index contributed by atoms with van der Waals surface area (Å²) in [6.07, 6.45) is 0. The van der Waals surface area contributed by atoms with Crippen molar-refractivity contribution in [1.82, 2.24) is 4.90 Å². The third-order valence-corrected chi connectivity index (χ3v) is 2.32. The molecule has 0 saturated carbocycles. The number of nitrogens with zero attached hydrogens (tertiary/aromatic N) is 3. The lowest BCUT2D eigenvalue weighted by Gasteiger charge is -2.16. The Morgan fingerprint density at radius 1 is 1.61 bits per heavy atom. The van der Waals surface area contributed by atoms with Crippen molar-refractivity contribution >= 4 is 11.6 Å². The molecule has 1 aromatic rings. The zero-order chi connectivity index (χ0) is 13.7. The zero-order valence-electron chi connectivity index (χ0n) is 9.59. The molecule has 0 atom stereocenters. The monoisotopic (exact) mass is 251 g/mol. The van der Waals surface area contributed by atoms with Crippen LogP contribution in [0, 0.1) is 27.3 Å². The first-order valence-electron chi connectivity index (χ1n) is 5.11. The van der Waals surface area contributed by atoms with Crippen LogP contribution in [0.3, 0.4) is 0 Å². The predicted octanol–water partition coefficient (Wildman–Crippen LogP) is 1.72. The summed E-state index contributed by atoms with van der Waals surface area (Å²) in [5, 5.41) is 19.3. The Kier molecular flexibility index (Phi) is 4.32. The molecule has 7 heteroatoms. The van der Waals surface area contributed by atoms with Gasteiger partial charge in [-0.05, 0) is 19.1 Å². The Hall–Kier alpha value is -2.49. The molecule has 1 amide bonds. The van der Waals surface area contributed by atoms with Gasteiger partial charge in [0, 0.05) is 12.6 Å². The third kappa shape index (κ3) is 2.79. The van der Waals surface area contributed by atoms with Crippen molar-refractivity contribution < 1.29 is 14.1 Å². The topological polar surface area (TPSA) is 87.2 Å². The summed E-state index contributed by atoms with van der Waals surface area (Å²) in [5.74, 6) is -1.47. The fourth-order valence-electron chi connectivity index (χ4n) is 1.42. The molecule has 0 aromatic heterocycles. The van der Waals surface area contributed by atoms with Gasteiger partial charge >= 0.3 is 0 Å². The fraction of sp³-hybridized carbons (Fsp3) is 0.273. The van der Waals surface area contributed by atoms with Gasteiger partial charge in [0.25, 0.3) is 11.6 Å². The maximum atomic E-state index is 13.1. The lowest BCUT2D eigenvalue weighted by Crippen LogP contribution is -2.31. The van der Waals surface area contributed by atoms with E-state index < -0.39 is 22.3 Å². The largest absolute Gasteiger partial charge is 0.325 e. The standard InChI is InChI=1S/C11H10FN3O3/c1-2-14(6-5-13)11(16)9-7-8(12)3-4-10(9)15(17)18/h3-4,7H,2,6H2,1H3. The zero-order valence-corrected chi connectivity index (χ0v) is 9.59. The molecule has 0 fully saturated rings. The molecule has 0 aliphatic heterocycles. The molecule has 18 heavy (non-hydrogen) atoms. The molecular formula is C11H10FN3O3. The van der Waals surface area contributed by atoms with Crippen LogP contribution in [0.1, 0.15) is 17.3 Å². The van der Waals surface area contributed by atoms with Gasteiger partial charge in [-0.15, -0.1) is 0 Å². The molecule has 0 spiro atoms. The van der Waals surface area contributed by atoms with Crippen LogP contribution in [0.25, 0.3) is 0 Å². The highest BCUT2D eigenvalue weighted by Gasteiger charge is 2.24. The molecule has 0 aliphatic rings. The van der Waals surface area contributed by atoms with E-state index in [1.807, 2.05) is 0 Å². The van der Waals surface area contributed by atoms with Crippen molar-refractivity contribution in [2.45, 2.75) is 6.92 Å². The van der Waals surface area contributed by atoms with E-state index in [1.165, 1.54) is 0 Å². The second kappa shape index (κ2) is 5.72. The number of nitro benzene ring substituents is 1.